The summed E-state index contributed by atoms with van der Waals surface area (Å²) in [4.78, 5) is 14.2. The van der Waals surface area contributed by atoms with E-state index in [1.54, 1.807) is 36.6 Å². The minimum atomic E-state index is -0.496. The molecule has 1 amide bonds. The standard InChI is InChI=1S/C21H21ClN2O2S/c1-14(19-9-6-12-27-19)23-20(15-7-4-3-5-8-15)21(25)24-16-10-11-18(26-2)17(22)13-16/h3-14,20,23H,1-2H3,(H,24,25). The van der Waals surface area contributed by atoms with Crippen molar-refractivity contribution in [3.05, 3.63) is 81.5 Å². The van der Waals surface area contributed by atoms with Gasteiger partial charge in [0.15, 0.2) is 0 Å². The Morgan fingerprint density at radius 3 is 2.52 bits per heavy atom. The SMILES string of the molecule is COc1ccc(NC(=O)C(NC(C)c2cccs2)c2ccccc2)cc1Cl. The molecule has 1 heterocycles. The first kappa shape index (κ1) is 19.4. The number of ether oxygens (including phenoxy) is 1. The summed E-state index contributed by atoms with van der Waals surface area (Å²) >= 11 is 7.84. The number of hydrogen-bond acceptors (Lipinski definition) is 4. The molecule has 0 bridgehead atoms. The lowest BCUT2D eigenvalue weighted by molar-refractivity contribution is -0.118. The molecule has 2 aromatic carbocycles. The second-order valence-electron chi connectivity index (χ2n) is 6.09. The van der Waals surface area contributed by atoms with Crippen LogP contribution < -0.4 is 15.4 Å². The molecule has 0 saturated heterocycles. The smallest absolute Gasteiger partial charge is 0.246 e. The monoisotopic (exact) mass is 400 g/mol. The van der Waals surface area contributed by atoms with Crippen molar-refractivity contribution in [3.63, 3.8) is 0 Å². The van der Waals surface area contributed by atoms with Gasteiger partial charge in [0.05, 0.1) is 12.1 Å². The lowest BCUT2D eigenvalue weighted by Gasteiger charge is -2.23. The predicted molar refractivity (Wildman–Crippen MR) is 112 cm³/mol. The summed E-state index contributed by atoms with van der Waals surface area (Å²) in [6.45, 7) is 2.05. The Morgan fingerprint density at radius 2 is 1.89 bits per heavy atom. The Kier molecular flexibility index (Phi) is 6.50. The molecule has 140 valence electrons. The maximum atomic E-state index is 13.0. The molecule has 2 atom stereocenters. The van der Waals surface area contributed by atoms with Gasteiger partial charge in [-0.15, -0.1) is 11.3 Å². The van der Waals surface area contributed by atoms with Crippen LogP contribution in [-0.4, -0.2) is 13.0 Å². The maximum Gasteiger partial charge on any atom is 0.246 e. The molecule has 0 aliphatic rings. The summed E-state index contributed by atoms with van der Waals surface area (Å²) < 4.78 is 5.16. The van der Waals surface area contributed by atoms with Crippen LogP contribution in [0.5, 0.6) is 5.75 Å². The normalized spacial score (nSPS) is 13.0. The molecule has 0 aliphatic carbocycles. The number of hydrogen-bond donors (Lipinski definition) is 2. The number of amides is 1. The molecule has 4 nitrogen and oxygen atoms in total. The lowest BCUT2D eigenvalue weighted by atomic mass is 10.0. The molecule has 0 radical (unpaired) electrons. The fraction of sp³-hybridized carbons (Fsp3) is 0.190. The van der Waals surface area contributed by atoms with Gasteiger partial charge in [-0.3, -0.25) is 10.1 Å². The number of methoxy groups -OCH3 is 1. The summed E-state index contributed by atoms with van der Waals surface area (Å²) in [7, 11) is 1.56. The van der Waals surface area contributed by atoms with E-state index in [2.05, 4.69) is 23.6 Å². The second-order valence-corrected chi connectivity index (χ2v) is 7.47. The first-order valence-corrected chi connectivity index (χ1v) is 9.83. The minimum Gasteiger partial charge on any atom is -0.495 e. The van der Waals surface area contributed by atoms with Gasteiger partial charge in [-0.25, -0.2) is 0 Å². The van der Waals surface area contributed by atoms with Gasteiger partial charge in [0, 0.05) is 16.6 Å². The van der Waals surface area contributed by atoms with Crippen molar-refractivity contribution in [1.82, 2.24) is 5.32 Å². The van der Waals surface area contributed by atoms with Crippen molar-refractivity contribution in [3.8, 4) is 5.75 Å². The zero-order chi connectivity index (χ0) is 19.2. The van der Waals surface area contributed by atoms with Crippen molar-refractivity contribution in [2.45, 2.75) is 19.0 Å². The molecular formula is C21H21ClN2O2S. The van der Waals surface area contributed by atoms with E-state index in [1.165, 1.54) is 4.88 Å². The van der Waals surface area contributed by atoms with Crippen molar-refractivity contribution >= 4 is 34.5 Å². The zero-order valence-corrected chi connectivity index (χ0v) is 16.7. The van der Waals surface area contributed by atoms with Gasteiger partial charge in [0.2, 0.25) is 5.91 Å². The number of nitrogens with one attached hydrogen (secondary N) is 2. The van der Waals surface area contributed by atoms with Crippen molar-refractivity contribution in [2.75, 3.05) is 12.4 Å². The van der Waals surface area contributed by atoms with E-state index in [-0.39, 0.29) is 11.9 Å². The van der Waals surface area contributed by atoms with Crippen LogP contribution in [0.25, 0.3) is 0 Å². The Bertz CT molecular complexity index is 884. The molecule has 2 unspecified atom stereocenters. The highest BCUT2D eigenvalue weighted by molar-refractivity contribution is 7.10. The molecule has 1 aromatic heterocycles. The van der Waals surface area contributed by atoms with Gasteiger partial charge < -0.3 is 10.1 Å². The zero-order valence-electron chi connectivity index (χ0n) is 15.1. The number of halogens is 1. The highest BCUT2D eigenvalue weighted by Crippen LogP contribution is 2.28. The third kappa shape index (κ3) is 4.89. The Balaban J connectivity index is 1.81. The maximum absolute atomic E-state index is 13.0. The van der Waals surface area contributed by atoms with Crippen LogP contribution in [0.4, 0.5) is 5.69 Å². The van der Waals surface area contributed by atoms with Crippen LogP contribution in [0, 0.1) is 0 Å². The van der Waals surface area contributed by atoms with E-state index in [4.69, 9.17) is 16.3 Å². The second kappa shape index (κ2) is 9.04. The number of carbonyl (C=O) groups is 1. The predicted octanol–water partition coefficient (Wildman–Crippen LogP) is 5.44. The van der Waals surface area contributed by atoms with Gasteiger partial charge in [0.25, 0.3) is 0 Å². The van der Waals surface area contributed by atoms with Crippen LogP contribution in [0.1, 0.15) is 29.4 Å². The molecule has 3 rings (SSSR count). The van der Waals surface area contributed by atoms with E-state index in [9.17, 15) is 4.79 Å². The van der Waals surface area contributed by atoms with Crippen LogP contribution >= 0.6 is 22.9 Å². The number of benzene rings is 2. The van der Waals surface area contributed by atoms with Gasteiger partial charge in [-0.1, -0.05) is 48.0 Å². The Labute approximate surface area is 168 Å². The number of rotatable bonds is 7. The van der Waals surface area contributed by atoms with Gasteiger partial charge in [0.1, 0.15) is 11.8 Å². The molecule has 0 saturated carbocycles. The van der Waals surface area contributed by atoms with Gasteiger partial charge in [-0.2, -0.15) is 0 Å². The van der Waals surface area contributed by atoms with Crippen molar-refractivity contribution in [2.24, 2.45) is 0 Å². The first-order valence-electron chi connectivity index (χ1n) is 8.57. The van der Waals surface area contributed by atoms with Crippen LogP contribution in [0.15, 0.2) is 66.0 Å². The molecule has 0 aliphatic heterocycles. The van der Waals surface area contributed by atoms with Crippen molar-refractivity contribution < 1.29 is 9.53 Å². The van der Waals surface area contributed by atoms with E-state index >= 15 is 0 Å². The van der Waals surface area contributed by atoms with E-state index in [0.717, 1.165) is 5.56 Å². The largest absolute Gasteiger partial charge is 0.495 e. The third-order valence-electron chi connectivity index (χ3n) is 4.20. The molecule has 0 fully saturated rings. The van der Waals surface area contributed by atoms with Crippen molar-refractivity contribution in [1.29, 1.82) is 0 Å². The topological polar surface area (TPSA) is 50.4 Å². The molecule has 2 N–H and O–H groups in total. The highest BCUT2D eigenvalue weighted by atomic mass is 35.5. The van der Waals surface area contributed by atoms with E-state index < -0.39 is 6.04 Å². The summed E-state index contributed by atoms with van der Waals surface area (Å²) in [6.07, 6.45) is 0. The quantitative estimate of drug-likeness (QED) is 0.555. The Hall–Kier alpha value is -2.34. The molecule has 3 aromatic rings. The summed E-state index contributed by atoms with van der Waals surface area (Å²) in [5.41, 5.74) is 1.52. The third-order valence-corrected chi connectivity index (χ3v) is 5.55. The minimum absolute atomic E-state index is 0.0420. The van der Waals surface area contributed by atoms with Gasteiger partial charge >= 0.3 is 0 Å². The summed E-state index contributed by atoms with van der Waals surface area (Å²) in [6, 6.07) is 18.5. The fourth-order valence-electron chi connectivity index (χ4n) is 2.80. The van der Waals surface area contributed by atoms with E-state index in [1.807, 2.05) is 41.8 Å². The average molecular weight is 401 g/mol. The number of anilines is 1. The number of carbonyl (C=O) groups excluding carboxylic acids is 1. The lowest BCUT2D eigenvalue weighted by Crippen LogP contribution is -2.34. The van der Waals surface area contributed by atoms with Gasteiger partial charge in [-0.05, 0) is 42.1 Å². The van der Waals surface area contributed by atoms with Crippen LogP contribution in [0.2, 0.25) is 5.02 Å². The van der Waals surface area contributed by atoms with Crippen LogP contribution in [-0.2, 0) is 4.79 Å². The Morgan fingerprint density at radius 1 is 1.11 bits per heavy atom. The highest BCUT2D eigenvalue weighted by Gasteiger charge is 2.23. The molecule has 6 heteroatoms. The van der Waals surface area contributed by atoms with E-state index in [0.29, 0.717) is 16.5 Å². The van der Waals surface area contributed by atoms with Crippen LogP contribution in [0.3, 0.4) is 0 Å². The molecular weight excluding hydrogens is 380 g/mol. The average Bonchev–Trinajstić information content (AvgIpc) is 3.21. The summed E-state index contributed by atoms with van der Waals surface area (Å²) in [5, 5.41) is 8.86. The summed E-state index contributed by atoms with van der Waals surface area (Å²) in [5.74, 6) is 0.421. The number of thiophene rings is 1. The fourth-order valence-corrected chi connectivity index (χ4v) is 3.80. The molecule has 27 heavy (non-hydrogen) atoms. The first-order chi connectivity index (χ1) is 13.1. The molecule has 0 spiro atoms.